The highest BCUT2D eigenvalue weighted by Gasteiger charge is 2.36. The molecular formula is C20H16B2N2. The summed E-state index contributed by atoms with van der Waals surface area (Å²) in [6.07, 6.45) is 12.9. The van der Waals surface area contributed by atoms with Crippen molar-refractivity contribution in [2.45, 2.75) is 0 Å². The number of para-hydroxylation sites is 2. The predicted molar refractivity (Wildman–Crippen MR) is 105 cm³/mol. The van der Waals surface area contributed by atoms with Crippen LogP contribution in [-0.2, 0) is 0 Å². The Labute approximate surface area is 143 Å². The fourth-order valence-corrected chi connectivity index (χ4v) is 3.91. The Kier molecular flexibility index (Phi) is 3.02. The minimum absolute atomic E-state index is 0.215. The molecule has 0 aliphatic carbocycles. The normalized spacial score (nSPS) is 17.0. The van der Waals surface area contributed by atoms with Crippen LogP contribution in [0.4, 0.5) is 11.4 Å². The van der Waals surface area contributed by atoms with Crippen molar-refractivity contribution in [3.63, 3.8) is 0 Å². The summed E-state index contributed by atoms with van der Waals surface area (Å²) < 4.78 is 0. The quantitative estimate of drug-likeness (QED) is 0.691. The molecule has 0 bridgehead atoms. The molecule has 3 aliphatic rings. The van der Waals surface area contributed by atoms with Crippen molar-refractivity contribution in [2.75, 3.05) is 9.62 Å². The molecule has 0 unspecified atom stereocenters. The van der Waals surface area contributed by atoms with Gasteiger partial charge in [-0.3, -0.25) is 0 Å². The molecule has 0 saturated heterocycles. The van der Waals surface area contributed by atoms with Crippen molar-refractivity contribution in [1.29, 1.82) is 0 Å². The number of rotatable bonds is 0. The lowest BCUT2D eigenvalue weighted by Crippen LogP contribution is -2.57. The molecule has 2 nitrogen and oxygen atoms in total. The van der Waals surface area contributed by atoms with Gasteiger partial charge < -0.3 is 9.62 Å². The molecule has 4 heteroatoms. The molecule has 0 N–H and O–H groups in total. The van der Waals surface area contributed by atoms with Crippen LogP contribution in [0.5, 0.6) is 0 Å². The topological polar surface area (TPSA) is 6.48 Å². The second-order valence-corrected chi connectivity index (χ2v) is 6.27. The van der Waals surface area contributed by atoms with E-state index in [1.54, 1.807) is 0 Å². The molecule has 5 rings (SSSR count). The van der Waals surface area contributed by atoms with Gasteiger partial charge in [0.05, 0.1) is 0 Å². The molecule has 112 valence electrons. The number of hydrogen-bond acceptors (Lipinski definition) is 2. The zero-order chi connectivity index (χ0) is 15.9. The highest BCUT2D eigenvalue weighted by molar-refractivity contribution is 6.88. The number of fused-ring (bicyclic) bond motifs is 8. The average molecular weight is 306 g/mol. The van der Waals surface area contributed by atoms with E-state index in [0.717, 1.165) is 0 Å². The maximum absolute atomic E-state index is 2.39. The third-order valence-corrected chi connectivity index (χ3v) is 4.97. The van der Waals surface area contributed by atoms with Gasteiger partial charge in [-0.1, -0.05) is 60.5 Å². The third-order valence-electron chi connectivity index (χ3n) is 4.97. The molecule has 24 heavy (non-hydrogen) atoms. The Morgan fingerprint density at radius 1 is 0.542 bits per heavy atom. The van der Waals surface area contributed by atoms with Crippen molar-refractivity contribution >= 4 is 36.0 Å². The van der Waals surface area contributed by atoms with E-state index in [1.165, 1.54) is 22.3 Å². The molecular weight excluding hydrogens is 290 g/mol. The van der Waals surface area contributed by atoms with Crippen LogP contribution in [0.15, 0.2) is 97.2 Å². The summed E-state index contributed by atoms with van der Waals surface area (Å²) in [7, 11) is 0. The van der Waals surface area contributed by atoms with Gasteiger partial charge in [0.2, 0.25) is 0 Å². The van der Waals surface area contributed by atoms with Gasteiger partial charge in [0.25, 0.3) is 0 Å². The van der Waals surface area contributed by atoms with Gasteiger partial charge in [0.1, 0.15) is 0 Å². The molecule has 3 aliphatic heterocycles. The Hall–Kier alpha value is -2.87. The summed E-state index contributed by atoms with van der Waals surface area (Å²) in [6.45, 7) is 0.431. The monoisotopic (exact) mass is 306 g/mol. The first-order valence-corrected chi connectivity index (χ1v) is 8.38. The number of benzene rings is 2. The molecule has 3 heterocycles. The second-order valence-electron chi connectivity index (χ2n) is 6.27. The molecule has 0 fully saturated rings. The van der Waals surface area contributed by atoms with E-state index >= 15 is 0 Å². The largest absolute Gasteiger partial charge is 0.384 e. The maximum atomic E-state index is 2.39. The van der Waals surface area contributed by atoms with Crippen molar-refractivity contribution in [3.8, 4) is 0 Å². The highest BCUT2D eigenvalue weighted by atomic mass is 15.1. The van der Waals surface area contributed by atoms with Crippen molar-refractivity contribution in [2.24, 2.45) is 0 Å². The Bertz CT molecular complexity index is 764. The Morgan fingerprint density at radius 3 is 1.50 bits per heavy atom. The average Bonchev–Trinajstić information content (AvgIpc) is 2.67. The van der Waals surface area contributed by atoms with E-state index in [2.05, 4.69) is 107 Å². The lowest BCUT2D eigenvalue weighted by Gasteiger charge is -2.39. The van der Waals surface area contributed by atoms with Crippen LogP contribution >= 0.6 is 0 Å². The minimum atomic E-state index is 0.215. The minimum Gasteiger partial charge on any atom is -0.384 e. The maximum Gasteiger partial charge on any atom is 0.322 e. The molecule has 0 aromatic heterocycles. The first-order valence-electron chi connectivity index (χ1n) is 8.38. The van der Waals surface area contributed by atoms with Crippen molar-refractivity contribution in [3.05, 3.63) is 97.2 Å². The van der Waals surface area contributed by atoms with Gasteiger partial charge in [0, 0.05) is 11.4 Å². The van der Waals surface area contributed by atoms with Crippen LogP contribution in [0.2, 0.25) is 0 Å². The predicted octanol–water partition coefficient (Wildman–Crippen LogP) is 2.66. The molecule has 0 saturated carbocycles. The summed E-state index contributed by atoms with van der Waals surface area (Å²) in [5.74, 6) is 4.55. The van der Waals surface area contributed by atoms with Gasteiger partial charge in [-0.05, 0) is 47.6 Å². The number of anilines is 2. The molecule has 2 aromatic rings. The summed E-state index contributed by atoms with van der Waals surface area (Å²) >= 11 is 0. The zero-order valence-electron chi connectivity index (χ0n) is 13.3. The van der Waals surface area contributed by atoms with E-state index < -0.39 is 0 Å². The van der Waals surface area contributed by atoms with Crippen LogP contribution in [-0.4, -0.2) is 13.7 Å². The first kappa shape index (κ1) is 13.6. The second kappa shape index (κ2) is 5.34. The van der Waals surface area contributed by atoms with Crippen LogP contribution in [0.25, 0.3) is 0 Å². The van der Waals surface area contributed by atoms with E-state index in [1.807, 2.05) is 0 Å². The van der Waals surface area contributed by atoms with Crippen molar-refractivity contribution < 1.29 is 0 Å². The molecule has 0 atom stereocenters. The molecule has 0 amide bonds. The van der Waals surface area contributed by atoms with Gasteiger partial charge in [-0.2, -0.15) is 0 Å². The SMILES string of the molecule is C1=CB2c3ccccc3N3C=CC=CB3c3ccccc3N2C=C1. The fourth-order valence-electron chi connectivity index (χ4n) is 3.91. The zero-order valence-corrected chi connectivity index (χ0v) is 13.3. The summed E-state index contributed by atoms with van der Waals surface area (Å²) in [5.41, 5.74) is 5.20. The van der Waals surface area contributed by atoms with Gasteiger partial charge in [-0.25, -0.2) is 0 Å². The fraction of sp³-hybridized carbons (Fsp3) is 0. The van der Waals surface area contributed by atoms with E-state index in [9.17, 15) is 0 Å². The smallest absolute Gasteiger partial charge is 0.322 e. The lowest BCUT2D eigenvalue weighted by molar-refractivity contribution is 1.34. The van der Waals surface area contributed by atoms with Gasteiger partial charge in [0.15, 0.2) is 0 Å². The summed E-state index contributed by atoms with van der Waals surface area (Å²) in [6, 6.07) is 17.5. The van der Waals surface area contributed by atoms with Gasteiger partial charge in [-0.15, -0.1) is 0 Å². The molecule has 0 radical (unpaired) electrons. The van der Waals surface area contributed by atoms with E-state index in [-0.39, 0.29) is 13.7 Å². The third kappa shape index (κ3) is 1.93. The standard InChI is InChI=1S/C20H16B2N2/c1-3-11-19-17(9-1)21-13-5-7-16-24(21)20-12-4-2-10-18(20)22-14-6-8-15-23(19)22/h1-16H. The van der Waals surface area contributed by atoms with Crippen LogP contribution in [0, 0.1) is 0 Å². The van der Waals surface area contributed by atoms with Crippen molar-refractivity contribution in [1.82, 2.24) is 0 Å². The van der Waals surface area contributed by atoms with E-state index in [0.29, 0.717) is 0 Å². The van der Waals surface area contributed by atoms with Crippen LogP contribution < -0.4 is 20.5 Å². The van der Waals surface area contributed by atoms with E-state index in [4.69, 9.17) is 0 Å². The summed E-state index contributed by atoms with van der Waals surface area (Å²) in [4.78, 5) is 4.77. The Balaban J connectivity index is 1.82. The first-order chi connectivity index (χ1) is 11.9. The molecule has 0 spiro atoms. The molecule has 2 aromatic carbocycles. The lowest BCUT2D eigenvalue weighted by atomic mass is 9.46. The highest BCUT2D eigenvalue weighted by Crippen LogP contribution is 2.27. The van der Waals surface area contributed by atoms with Crippen LogP contribution in [0.3, 0.4) is 0 Å². The Morgan fingerprint density at radius 2 is 1.00 bits per heavy atom. The number of hydrogen-bond donors (Lipinski definition) is 0. The van der Waals surface area contributed by atoms with Crippen LogP contribution in [0.1, 0.15) is 0 Å². The number of nitrogens with zero attached hydrogens (tertiary/aromatic N) is 2. The van der Waals surface area contributed by atoms with Gasteiger partial charge >= 0.3 is 13.7 Å². The number of allylic oxidation sites excluding steroid dienone is 4. The summed E-state index contributed by atoms with van der Waals surface area (Å²) in [5, 5.41) is 0.